The maximum Gasteiger partial charge on any atom is 0.217 e. The van der Waals surface area contributed by atoms with Crippen molar-refractivity contribution in [3.05, 3.63) is 97.1 Å². The van der Waals surface area contributed by atoms with E-state index in [1.807, 2.05) is 24.3 Å². The second kappa shape index (κ2) is 11.4. The minimum Gasteiger partial charge on any atom is -0.507 e. The average molecular weight is 527 g/mol. The summed E-state index contributed by atoms with van der Waals surface area (Å²) in [6.45, 7) is 5.05. The SMILES string of the molecule is CCCCC(CC)COc1cc(-c2cc3c4ccccc4ccc3c3ccccc23)nc(-c2ccccc2O)n1. The molecule has 0 bridgehead atoms. The molecule has 1 aromatic heterocycles. The molecule has 1 heterocycles. The minimum atomic E-state index is 0.148. The lowest BCUT2D eigenvalue weighted by Gasteiger charge is -2.17. The van der Waals surface area contributed by atoms with Crippen molar-refractivity contribution in [3.63, 3.8) is 0 Å². The van der Waals surface area contributed by atoms with Crippen molar-refractivity contribution in [2.45, 2.75) is 39.5 Å². The first-order valence-corrected chi connectivity index (χ1v) is 14.3. The molecule has 5 aromatic carbocycles. The molecule has 0 spiro atoms. The van der Waals surface area contributed by atoms with E-state index in [1.54, 1.807) is 6.07 Å². The summed E-state index contributed by atoms with van der Waals surface area (Å²) in [7, 11) is 0. The molecule has 6 aromatic rings. The van der Waals surface area contributed by atoms with Crippen molar-refractivity contribution in [2.75, 3.05) is 6.61 Å². The molecule has 0 fully saturated rings. The van der Waals surface area contributed by atoms with Gasteiger partial charge in [-0.05, 0) is 62.9 Å². The number of phenolic OH excluding ortho intramolecular Hbond substituents is 1. The van der Waals surface area contributed by atoms with Gasteiger partial charge >= 0.3 is 0 Å². The van der Waals surface area contributed by atoms with Gasteiger partial charge < -0.3 is 9.84 Å². The van der Waals surface area contributed by atoms with Crippen molar-refractivity contribution < 1.29 is 9.84 Å². The van der Waals surface area contributed by atoms with Crippen LogP contribution in [0.15, 0.2) is 97.1 Å². The molecule has 200 valence electrons. The number of aromatic hydroxyl groups is 1. The number of nitrogens with zero attached hydrogens (tertiary/aromatic N) is 2. The number of aromatic nitrogens is 2. The fourth-order valence-electron chi connectivity index (χ4n) is 5.59. The van der Waals surface area contributed by atoms with E-state index in [0.29, 0.717) is 29.8 Å². The Kier molecular flexibility index (Phi) is 7.33. The third kappa shape index (κ3) is 4.98. The van der Waals surface area contributed by atoms with Gasteiger partial charge in [0.15, 0.2) is 5.82 Å². The van der Waals surface area contributed by atoms with Crippen LogP contribution >= 0.6 is 0 Å². The Labute approximate surface area is 235 Å². The molecule has 0 saturated heterocycles. The Hall–Kier alpha value is -4.44. The largest absolute Gasteiger partial charge is 0.507 e. The fraction of sp³-hybridized carbons (Fsp3) is 0.222. The number of benzene rings is 5. The second-order valence-electron chi connectivity index (χ2n) is 10.5. The highest BCUT2D eigenvalue weighted by Crippen LogP contribution is 2.39. The van der Waals surface area contributed by atoms with Crippen LogP contribution in [-0.2, 0) is 0 Å². The minimum absolute atomic E-state index is 0.148. The maximum atomic E-state index is 10.7. The van der Waals surface area contributed by atoms with Gasteiger partial charge in [-0.2, -0.15) is 4.98 Å². The summed E-state index contributed by atoms with van der Waals surface area (Å²) >= 11 is 0. The Morgan fingerprint density at radius 3 is 2.23 bits per heavy atom. The van der Waals surface area contributed by atoms with Crippen molar-refractivity contribution in [1.29, 1.82) is 0 Å². The van der Waals surface area contributed by atoms with Gasteiger partial charge in [-0.25, -0.2) is 4.98 Å². The quantitative estimate of drug-likeness (QED) is 0.191. The highest BCUT2D eigenvalue weighted by Gasteiger charge is 2.17. The van der Waals surface area contributed by atoms with Gasteiger partial charge in [-0.1, -0.05) is 106 Å². The number of hydrogen-bond donors (Lipinski definition) is 1. The van der Waals surface area contributed by atoms with Gasteiger partial charge in [-0.3, -0.25) is 0 Å². The first-order valence-electron chi connectivity index (χ1n) is 14.3. The summed E-state index contributed by atoms with van der Waals surface area (Å²) in [5, 5.41) is 17.8. The van der Waals surface area contributed by atoms with Gasteiger partial charge in [0.1, 0.15) is 5.75 Å². The Balaban J connectivity index is 1.56. The standard InChI is InChI=1S/C36H34N2O2/c1-3-5-12-24(4-2)23-40-35-22-33(37-36(38-35)30-17-10-11-18-34(30)39)32-21-31-26-14-7-6-13-25(26)19-20-29(31)27-15-8-9-16-28(27)32/h6-11,13-22,24,39H,3-5,12,23H2,1-2H3. The Morgan fingerprint density at radius 1 is 0.700 bits per heavy atom. The van der Waals surface area contributed by atoms with Crippen LogP contribution in [0.1, 0.15) is 39.5 Å². The van der Waals surface area contributed by atoms with Gasteiger partial charge in [0.25, 0.3) is 0 Å². The number of hydrogen-bond acceptors (Lipinski definition) is 4. The number of fused-ring (bicyclic) bond motifs is 5. The van der Waals surface area contributed by atoms with Crippen molar-refractivity contribution in [3.8, 4) is 34.3 Å². The number of rotatable bonds is 9. The smallest absolute Gasteiger partial charge is 0.217 e. The van der Waals surface area contributed by atoms with Gasteiger partial charge in [0.05, 0.1) is 17.9 Å². The zero-order chi connectivity index (χ0) is 27.5. The van der Waals surface area contributed by atoms with Gasteiger partial charge in [0, 0.05) is 11.6 Å². The van der Waals surface area contributed by atoms with Crippen LogP contribution in [0, 0.1) is 5.92 Å². The zero-order valence-electron chi connectivity index (χ0n) is 23.1. The molecular weight excluding hydrogens is 492 g/mol. The van der Waals surface area contributed by atoms with Crippen LogP contribution in [0.4, 0.5) is 0 Å². The van der Waals surface area contributed by atoms with E-state index in [0.717, 1.165) is 29.5 Å². The first kappa shape index (κ1) is 25.8. The van der Waals surface area contributed by atoms with E-state index in [1.165, 1.54) is 39.8 Å². The molecule has 0 radical (unpaired) electrons. The maximum absolute atomic E-state index is 10.7. The van der Waals surface area contributed by atoms with E-state index in [2.05, 4.69) is 80.6 Å². The van der Waals surface area contributed by atoms with Crippen LogP contribution in [0.25, 0.3) is 55.0 Å². The molecule has 40 heavy (non-hydrogen) atoms. The molecule has 0 aliphatic carbocycles. The second-order valence-corrected chi connectivity index (χ2v) is 10.5. The van der Waals surface area contributed by atoms with E-state index in [-0.39, 0.29) is 5.75 Å². The zero-order valence-corrected chi connectivity index (χ0v) is 23.1. The summed E-state index contributed by atoms with van der Waals surface area (Å²) in [4.78, 5) is 9.79. The number of unbranched alkanes of at least 4 members (excludes halogenated alkanes) is 1. The summed E-state index contributed by atoms with van der Waals surface area (Å²) in [6, 6.07) is 32.8. The monoisotopic (exact) mass is 526 g/mol. The van der Waals surface area contributed by atoms with Crippen LogP contribution in [-0.4, -0.2) is 21.7 Å². The van der Waals surface area contributed by atoms with Crippen molar-refractivity contribution >= 4 is 32.3 Å². The van der Waals surface area contributed by atoms with Crippen LogP contribution in [0.5, 0.6) is 11.6 Å². The molecular formula is C36H34N2O2. The van der Waals surface area contributed by atoms with E-state index in [4.69, 9.17) is 14.7 Å². The molecule has 4 heteroatoms. The van der Waals surface area contributed by atoms with Crippen LogP contribution < -0.4 is 4.74 Å². The molecule has 1 N–H and O–H groups in total. The molecule has 1 unspecified atom stereocenters. The highest BCUT2D eigenvalue weighted by molar-refractivity contribution is 6.20. The predicted molar refractivity (Wildman–Crippen MR) is 166 cm³/mol. The fourth-order valence-corrected chi connectivity index (χ4v) is 5.59. The predicted octanol–water partition coefficient (Wildman–Crippen LogP) is 9.57. The molecule has 0 amide bonds. The summed E-state index contributed by atoms with van der Waals surface area (Å²) in [5.41, 5.74) is 2.38. The Bertz CT molecular complexity index is 1810. The summed E-state index contributed by atoms with van der Waals surface area (Å²) in [6.07, 6.45) is 4.57. The van der Waals surface area contributed by atoms with Crippen molar-refractivity contribution in [2.24, 2.45) is 5.92 Å². The van der Waals surface area contributed by atoms with E-state index < -0.39 is 0 Å². The van der Waals surface area contributed by atoms with E-state index >= 15 is 0 Å². The number of para-hydroxylation sites is 1. The molecule has 0 aliphatic heterocycles. The molecule has 6 rings (SSSR count). The normalized spacial score (nSPS) is 12.2. The summed E-state index contributed by atoms with van der Waals surface area (Å²) in [5.74, 6) is 1.60. The molecule has 0 saturated carbocycles. The third-order valence-corrected chi connectivity index (χ3v) is 7.90. The van der Waals surface area contributed by atoms with Crippen molar-refractivity contribution in [1.82, 2.24) is 9.97 Å². The molecule has 1 atom stereocenters. The molecule has 0 aliphatic rings. The number of phenols is 1. The third-order valence-electron chi connectivity index (χ3n) is 7.90. The summed E-state index contributed by atoms with van der Waals surface area (Å²) < 4.78 is 6.36. The van der Waals surface area contributed by atoms with Crippen LogP contribution in [0.2, 0.25) is 0 Å². The topological polar surface area (TPSA) is 55.2 Å². The Morgan fingerprint density at radius 2 is 1.43 bits per heavy atom. The van der Waals surface area contributed by atoms with Gasteiger partial charge in [-0.15, -0.1) is 0 Å². The van der Waals surface area contributed by atoms with E-state index in [9.17, 15) is 5.11 Å². The average Bonchev–Trinajstić information content (AvgIpc) is 3.00. The lowest BCUT2D eigenvalue weighted by molar-refractivity contribution is 0.226. The lowest BCUT2D eigenvalue weighted by atomic mass is 9.92. The van der Waals surface area contributed by atoms with Crippen LogP contribution in [0.3, 0.4) is 0 Å². The number of ether oxygens (including phenoxy) is 1. The first-order chi connectivity index (χ1) is 19.7. The van der Waals surface area contributed by atoms with Gasteiger partial charge in [0.2, 0.25) is 5.88 Å². The molecule has 4 nitrogen and oxygen atoms in total. The highest BCUT2D eigenvalue weighted by atomic mass is 16.5. The lowest BCUT2D eigenvalue weighted by Crippen LogP contribution is -2.12.